The van der Waals surface area contributed by atoms with E-state index in [1.165, 1.54) is 0 Å². The quantitative estimate of drug-likeness (QED) is 0.539. The second-order valence-corrected chi connectivity index (χ2v) is 11.8. The number of nitrogens with zero attached hydrogens (tertiary/aromatic N) is 3. The highest BCUT2D eigenvalue weighted by Gasteiger charge is 2.45. The number of carbonyl (C=O) groups is 3. The second kappa shape index (κ2) is 10.5. The van der Waals surface area contributed by atoms with Crippen LogP contribution in [0.4, 0.5) is 0 Å². The maximum Gasteiger partial charge on any atom is 0.270 e. The Kier molecular flexibility index (Phi) is 6.92. The molecular formula is C32H38N4O3. The van der Waals surface area contributed by atoms with Crippen LogP contribution in [0.1, 0.15) is 65.8 Å². The Morgan fingerprint density at radius 3 is 2.26 bits per heavy atom. The molecule has 1 aromatic heterocycles. The average Bonchev–Trinajstić information content (AvgIpc) is 3.54. The van der Waals surface area contributed by atoms with E-state index in [9.17, 15) is 14.4 Å². The molecule has 2 atom stereocenters. The number of aromatic nitrogens is 1. The highest BCUT2D eigenvalue weighted by atomic mass is 16.2. The van der Waals surface area contributed by atoms with Crippen molar-refractivity contribution in [3.8, 4) is 0 Å². The van der Waals surface area contributed by atoms with E-state index in [1.54, 1.807) is 0 Å². The fourth-order valence-corrected chi connectivity index (χ4v) is 7.05. The van der Waals surface area contributed by atoms with Crippen LogP contribution in [0.2, 0.25) is 0 Å². The Morgan fingerprint density at radius 2 is 1.51 bits per heavy atom. The van der Waals surface area contributed by atoms with Crippen LogP contribution in [0.25, 0.3) is 10.9 Å². The van der Waals surface area contributed by atoms with Gasteiger partial charge in [-0.3, -0.25) is 14.4 Å². The largest absolute Gasteiger partial charge is 0.349 e. The van der Waals surface area contributed by atoms with E-state index in [1.807, 2.05) is 77.2 Å². The van der Waals surface area contributed by atoms with Gasteiger partial charge in [0, 0.05) is 55.7 Å². The van der Waals surface area contributed by atoms with E-state index in [-0.39, 0.29) is 35.1 Å². The van der Waals surface area contributed by atoms with Crippen molar-refractivity contribution in [1.82, 2.24) is 19.7 Å². The topological polar surface area (TPSA) is 74.7 Å². The van der Waals surface area contributed by atoms with E-state index in [4.69, 9.17) is 0 Å². The first kappa shape index (κ1) is 25.7. The number of piperidine rings is 1. The van der Waals surface area contributed by atoms with Crippen LogP contribution in [0.3, 0.4) is 0 Å². The molecule has 1 aliphatic carbocycles. The Bertz CT molecular complexity index is 1370. The summed E-state index contributed by atoms with van der Waals surface area (Å²) in [6.07, 6.45) is 6.57. The van der Waals surface area contributed by atoms with Gasteiger partial charge in [-0.25, -0.2) is 0 Å². The van der Waals surface area contributed by atoms with Crippen molar-refractivity contribution < 1.29 is 14.4 Å². The van der Waals surface area contributed by atoms with Crippen LogP contribution in [0.15, 0.2) is 60.7 Å². The van der Waals surface area contributed by atoms with E-state index < -0.39 is 0 Å². The fourth-order valence-electron chi connectivity index (χ4n) is 7.05. The number of likely N-dealkylation sites (tertiary alicyclic amines) is 2. The number of aryl methyl sites for hydroxylation is 1. The first-order valence-corrected chi connectivity index (χ1v) is 14.4. The number of carbonyl (C=O) groups excluding carboxylic acids is 3. The van der Waals surface area contributed by atoms with Crippen LogP contribution in [-0.4, -0.2) is 64.3 Å². The molecule has 1 saturated carbocycles. The molecule has 3 aliphatic rings. The van der Waals surface area contributed by atoms with Gasteiger partial charge >= 0.3 is 0 Å². The van der Waals surface area contributed by atoms with Crippen LogP contribution in [0, 0.1) is 11.3 Å². The molecule has 3 aromatic rings. The summed E-state index contributed by atoms with van der Waals surface area (Å²) in [6, 6.07) is 19.2. The summed E-state index contributed by atoms with van der Waals surface area (Å²) in [6.45, 7) is 2.98. The molecule has 3 heterocycles. The predicted molar refractivity (Wildman–Crippen MR) is 151 cm³/mol. The first-order valence-electron chi connectivity index (χ1n) is 14.4. The highest BCUT2D eigenvalue weighted by molar-refractivity contribution is 5.99. The van der Waals surface area contributed by atoms with Crippen molar-refractivity contribution in [3.05, 3.63) is 71.9 Å². The van der Waals surface area contributed by atoms with Gasteiger partial charge in [0.2, 0.25) is 5.91 Å². The zero-order valence-corrected chi connectivity index (χ0v) is 22.8. The van der Waals surface area contributed by atoms with Gasteiger partial charge in [-0.05, 0) is 61.8 Å². The van der Waals surface area contributed by atoms with Crippen LogP contribution in [-0.2, 0) is 11.8 Å². The minimum Gasteiger partial charge on any atom is -0.349 e. The van der Waals surface area contributed by atoms with E-state index in [2.05, 4.69) is 10.2 Å². The number of nitrogens with one attached hydrogen (secondary N) is 1. The molecule has 7 nitrogen and oxygen atoms in total. The lowest BCUT2D eigenvalue weighted by molar-refractivity contribution is -0.136. The maximum atomic E-state index is 13.7. The molecule has 0 radical (unpaired) electrons. The Hall–Kier alpha value is -3.61. The van der Waals surface area contributed by atoms with Gasteiger partial charge in [-0.2, -0.15) is 0 Å². The number of hydrogen-bond donors (Lipinski definition) is 1. The summed E-state index contributed by atoms with van der Waals surface area (Å²) < 4.78 is 2.00. The third-order valence-corrected chi connectivity index (χ3v) is 9.47. The summed E-state index contributed by atoms with van der Waals surface area (Å²) in [5.41, 5.74) is 2.53. The third kappa shape index (κ3) is 4.95. The van der Waals surface area contributed by atoms with Crippen molar-refractivity contribution in [2.45, 2.75) is 51.0 Å². The fraction of sp³-hybridized carbons (Fsp3) is 0.469. The first-order chi connectivity index (χ1) is 18.9. The Balaban J connectivity index is 1.07. The number of hydrogen-bond acceptors (Lipinski definition) is 3. The second-order valence-electron chi connectivity index (χ2n) is 11.8. The minimum absolute atomic E-state index is 0.0861. The van der Waals surface area contributed by atoms with Gasteiger partial charge in [0.25, 0.3) is 11.8 Å². The lowest BCUT2D eigenvalue weighted by Crippen LogP contribution is -2.50. The van der Waals surface area contributed by atoms with Crippen LogP contribution < -0.4 is 5.32 Å². The molecule has 2 aliphatic heterocycles. The third-order valence-electron chi connectivity index (χ3n) is 9.47. The number of benzene rings is 2. The van der Waals surface area contributed by atoms with E-state index in [0.29, 0.717) is 5.56 Å². The minimum atomic E-state index is -0.158. The number of amides is 3. The monoisotopic (exact) mass is 526 g/mol. The molecule has 3 fully saturated rings. The molecule has 1 N–H and O–H groups in total. The molecular weight excluding hydrogens is 488 g/mol. The highest BCUT2D eigenvalue weighted by Crippen LogP contribution is 2.42. The van der Waals surface area contributed by atoms with E-state index >= 15 is 0 Å². The van der Waals surface area contributed by atoms with E-state index in [0.717, 1.165) is 87.7 Å². The summed E-state index contributed by atoms with van der Waals surface area (Å²) in [4.78, 5) is 44.0. The van der Waals surface area contributed by atoms with Crippen LogP contribution in [0.5, 0.6) is 0 Å². The molecule has 39 heavy (non-hydrogen) atoms. The standard InChI is InChI=1S/C32H38N4O3/c1-34-27-14-8-5-11-24(27)21-28(34)31(39)35-18-15-32(16-19-35)17-20-36(22-32)30(38)25-12-6-7-13-26(25)33-29(37)23-9-3-2-4-10-23/h2-5,8-11,14,21,25-26H,6-7,12-13,15-20,22H2,1H3,(H,33,37). The molecule has 3 amide bonds. The summed E-state index contributed by atoms with van der Waals surface area (Å²) in [5.74, 6) is 0.0312. The van der Waals surface area contributed by atoms with Gasteiger partial charge in [-0.15, -0.1) is 0 Å². The molecule has 2 unspecified atom stereocenters. The zero-order chi connectivity index (χ0) is 27.0. The van der Waals surface area contributed by atoms with Gasteiger partial charge in [0.1, 0.15) is 5.69 Å². The van der Waals surface area contributed by atoms with Crippen LogP contribution >= 0.6 is 0 Å². The smallest absolute Gasteiger partial charge is 0.270 e. The number of rotatable bonds is 4. The van der Waals surface area contributed by atoms with Gasteiger partial charge in [0.15, 0.2) is 0 Å². The molecule has 2 saturated heterocycles. The maximum absolute atomic E-state index is 13.7. The average molecular weight is 527 g/mol. The molecule has 1 spiro atoms. The lowest BCUT2D eigenvalue weighted by Gasteiger charge is -2.40. The molecule has 6 rings (SSSR count). The van der Waals surface area contributed by atoms with Crippen molar-refractivity contribution >= 4 is 28.6 Å². The SMILES string of the molecule is Cn1c(C(=O)N2CCC3(CC2)CCN(C(=O)C2CCCCC2NC(=O)c2ccccc2)C3)cc2ccccc21. The predicted octanol–water partition coefficient (Wildman–Crippen LogP) is 4.62. The molecule has 0 bridgehead atoms. The van der Waals surface area contributed by atoms with Gasteiger partial charge in [-0.1, -0.05) is 49.2 Å². The summed E-state index contributed by atoms with van der Waals surface area (Å²) in [7, 11) is 1.96. The van der Waals surface area contributed by atoms with Crippen molar-refractivity contribution in [2.24, 2.45) is 18.4 Å². The summed E-state index contributed by atoms with van der Waals surface area (Å²) >= 11 is 0. The lowest BCUT2D eigenvalue weighted by atomic mass is 9.77. The van der Waals surface area contributed by atoms with Crippen molar-refractivity contribution in [1.29, 1.82) is 0 Å². The number of para-hydroxylation sites is 1. The normalized spacial score (nSPS) is 22.8. The molecule has 7 heteroatoms. The molecule has 2 aromatic carbocycles. The van der Waals surface area contributed by atoms with Gasteiger partial charge < -0.3 is 19.7 Å². The molecule has 204 valence electrons. The number of fused-ring (bicyclic) bond motifs is 1. The van der Waals surface area contributed by atoms with Crippen molar-refractivity contribution in [2.75, 3.05) is 26.2 Å². The zero-order valence-electron chi connectivity index (χ0n) is 22.8. The summed E-state index contributed by atoms with van der Waals surface area (Å²) in [5, 5.41) is 4.26. The Labute approximate surface area is 230 Å². The van der Waals surface area contributed by atoms with Crippen molar-refractivity contribution in [3.63, 3.8) is 0 Å². The van der Waals surface area contributed by atoms with Gasteiger partial charge in [0.05, 0.1) is 5.92 Å². The Morgan fingerprint density at radius 1 is 0.846 bits per heavy atom.